The first-order valence-electron chi connectivity index (χ1n) is 5.24. The zero-order valence-corrected chi connectivity index (χ0v) is 11.9. The largest absolute Gasteiger partial charge is 0.392 e. The number of sulfonamides is 1. The van der Waals surface area contributed by atoms with Gasteiger partial charge in [0.2, 0.25) is 0 Å². The molecule has 0 saturated carbocycles. The molecule has 2 rings (SSSR count). The Balaban J connectivity index is 2.22. The minimum atomic E-state index is -3.63. The van der Waals surface area contributed by atoms with Crippen molar-refractivity contribution < 1.29 is 21.9 Å². The molecular weight excluding hydrogens is 298 g/mol. The molecule has 18 heavy (non-hydrogen) atoms. The van der Waals surface area contributed by atoms with Crippen LogP contribution >= 0.6 is 11.3 Å². The highest BCUT2D eigenvalue weighted by Crippen LogP contribution is 2.25. The second-order valence-electron chi connectivity index (χ2n) is 3.99. The van der Waals surface area contributed by atoms with E-state index in [-0.39, 0.29) is 35.4 Å². The van der Waals surface area contributed by atoms with Crippen LogP contribution in [0.2, 0.25) is 0 Å². The molecular formula is C9H13NO5S3. The van der Waals surface area contributed by atoms with E-state index in [2.05, 4.69) is 0 Å². The van der Waals surface area contributed by atoms with Crippen molar-refractivity contribution in [3.8, 4) is 0 Å². The summed E-state index contributed by atoms with van der Waals surface area (Å²) in [7, 11) is -6.73. The third kappa shape index (κ3) is 2.75. The summed E-state index contributed by atoms with van der Waals surface area (Å²) < 4.78 is 48.2. The van der Waals surface area contributed by atoms with Crippen LogP contribution < -0.4 is 0 Å². The van der Waals surface area contributed by atoms with Gasteiger partial charge in [0.15, 0.2) is 9.84 Å². The summed E-state index contributed by atoms with van der Waals surface area (Å²) in [6.07, 6.45) is 0. The molecule has 6 nitrogen and oxygen atoms in total. The van der Waals surface area contributed by atoms with Crippen molar-refractivity contribution in [2.45, 2.75) is 10.8 Å². The van der Waals surface area contributed by atoms with Gasteiger partial charge < -0.3 is 5.11 Å². The van der Waals surface area contributed by atoms with Crippen LogP contribution in [0, 0.1) is 0 Å². The molecule has 0 bridgehead atoms. The molecule has 1 saturated heterocycles. The lowest BCUT2D eigenvalue weighted by atomic mass is 10.4. The van der Waals surface area contributed by atoms with Crippen LogP contribution in [-0.2, 0) is 26.5 Å². The van der Waals surface area contributed by atoms with Gasteiger partial charge in [-0.05, 0) is 17.0 Å². The quantitative estimate of drug-likeness (QED) is 0.824. The van der Waals surface area contributed by atoms with Gasteiger partial charge in [0, 0.05) is 13.1 Å². The minimum absolute atomic E-state index is 0.00295. The number of sulfone groups is 1. The van der Waals surface area contributed by atoms with E-state index in [1.54, 1.807) is 5.38 Å². The Labute approximate surface area is 110 Å². The van der Waals surface area contributed by atoms with Crippen LogP contribution in [0.25, 0.3) is 0 Å². The number of hydrogen-bond donors (Lipinski definition) is 1. The van der Waals surface area contributed by atoms with E-state index in [1.165, 1.54) is 10.4 Å². The van der Waals surface area contributed by atoms with Crippen LogP contribution in [0.1, 0.15) is 5.56 Å². The first-order chi connectivity index (χ1) is 8.35. The van der Waals surface area contributed by atoms with Gasteiger partial charge in [0.05, 0.1) is 18.1 Å². The van der Waals surface area contributed by atoms with Crippen molar-refractivity contribution in [2.24, 2.45) is 0 Å². The number of aliphatic hydroxyl groups is 1. The Kier molecular flexibility index (Phi) is 3.79. The first kappa shape index (κ1) is 13.9. The minimum Gasteiger partial charge on any atom is -0.392 e. The van der Waals surface area contributed by atoms with Crippen LogP contribution in [0.15, 0.2) is 15.7 Å². The molecule has 0 unspecified atom stereocenters. The second-order valence-corrected chi connectivity index (χ2v) is 9.37. The predicted molar refractivity (Wildman–Crippen MR) is 67.7 cm³/mol. The van der Waals surface area contributed by atoms with Gasteiger partial charge in [-0.1, -0.05) is 0 Å². The maximum Gasteiger partial charge on any atom is 0.252 e. The maximum absolute atomic E-state index is 12.2. The average molecular weight is 311 g/mol. The Morgan fingerprint density at radius 2 is 1.94 bits per heavy atom. The van der Waals surface area contributed by atoms with Gasteiger partial charge in [-0.25, -0.2) is 16.8 Å². The third-order valence-electron chi connectivity index (χ3n) is 2.71. The number of rotatable bonds is 3. The molecule has 1 aromatic heterocycles. The standard InChI is InChI=1S/C9H13NO5S3/c11-6-8-5-9(16-7-8)18(14,15)10-1-3-17(12,13)4-2-10/h5,7,11H,1-4,6H2. The monoisotopic (exact) mass is 311 g/mol. The molecule has 0 amide bonds. The molecule has 9 heteroatoms. The van der Waals surface area contributed by atoms with Crippen molar-refractivity contribution in [2.75, 3.05) is 24.6 Å². The van der Waals surface area contributed by atoms with Gasteiger partial charge in [0.1, 0.15) is 4.21 Å². The van der Waals surface area contributed by atoms with E-state index in [0.29, 0.717) is 5.56 Å². The molecule has 0 spiro atoms. The van der Waals surface area contributed by atoms with Crippen LogP contribution in [-0.4, -0.2) is 50.8 Å². The fourth-order valence-electron chi connectivity index (χ4n) is 1.63. The van der Waals surface area contributed by atoms with Gasteiger partial charge in [-0.3, -0.25) is 0 Å². The summed E-state index contributed by atoms with van der Waals surface area (Å²) in [5.41, 5.74) is 0.545. The number of hydrogen-bond acceptors (Lipinski definition) is 6. The molecule has 1 aliphatic heterocycles. The van der Waals surface area contributed by atoms with Crippen molar-refractivity contribution in [3.63, 3.8) is 0 Å². The maximum atomic E-state index is 12.2. The van der Waals surface area contributed by atoms with Crippen molar-refractivity contribution in [3.05, 3.63) is 17.0 Å². The van der Waals surface area contributed by atoms with Gasteiger partial charge in [-0.15, -0.1) is 11.3 Å². The molecule has 1 fully saturated rings. The second kappa shape index (κ2) is 4.89. The van der Waals surface area contributed by atoms with Crippen LogP contribution in [0.5, 0.6) is 0 Å². The van der Waals surface area contributed by atoms with E-state index >= 15 is 0 Å². The molecule has 0 aliphatic carbocycles. The van der Waals surface area contributed by atoms with Crippen molar-refractivity contribution in [1.29, 1.82) is 0 Å². The summed E-state index contributed by atoms with van der Waals surface area (Å²) in [5.74, 6) is -0.269. The SMILES string of the molecule is O=S1(=O)CCN(S(=O)(=O)c2cc(CO)cs2)CC1. The lowest BCUT2D eigenvalue weighted by molar-refractivity contribution is 0.282. The summed E-state index contributed by atoms with van der Waals surface area (Å²) in [6.45, 7) is -0.214. The number of nitrogens with zero attached hydrogens (tertiary/aromatic N) is 1. The molecule has 2 heterocycles. The molecule has 1 aromatic rings. The van der Waals surface area contributed by atoms with Gasteiger partial charge in [0.25, 0.3) is 10.0 Å². The summed E-state index contributed by atoms with van der Waals surface area (Å²) >= 11 is 1.04. The molecule has 1 aliphatic rings. The van der Waals surface area contributed by atoms with E-state index in [0.717, 1.165) is 11.3 Å². The highest BCUT2D eigenvalue weighted by Gasteiger charge is 2.31. The lowest BCUT2D eigenvalue weighted by Gasteiger charge is -2.25. The summed E-state index contributed by atoms with van der Waals surface area (Å²) in [5, 5.41) is 10.5. The molecule has 0 aromatic carbocycles. The summed E-state index contributed by atoms with van der Waals surface area (Å²) in [4.78, 5) is 0. The molecule has 0 atom stereocenters. The summed E-state index contributed by atoms with van der Waals surface area (Å²) in [6, 6.07) is 1.42. The highest BCUT2D eigenvalue weighted by atomic mass is 32.2. The van der Waals surface area contributed by atoms with Crippen LogP contribution in [0.3, 0.4) is 0 Å². The third-order valence-corrected chi connectivity index (χ3v) is 7.68. The Morgan fingerprint density at radius 3 is 2.44 bits per heavy atom. The first-order valence-corrected chi connectivity index (χ1v) is 9.38. The van der Waals surface area contributed by atoms with E-state index in [4.69, 9.17) is 5.11 Å². The fraction of sp³-hybridized carbons (Fsp3) is 0.556. The average Bonchev–Trinajstić information content (AvgIpc) is 2.77. The Morgan fingerprint density at radius 1 is 1.33 bits per heavy atom. The smallest absolute Gasteiger partial charge is 0.252 e. The Hall–Kier alpha value is -0.480. The van der Waals surface area contributed by atoms with Crippen molar-refractivity contribution >= 4 is 31.2 Å². The Bertz CT molecular complexity index is 617. The normalized spacial score (nSPS) is 20.9. The zero-order valence-electron chi connectivity index (χ0n) is 9.44. The highest BCUT2D eigenvalue weighted by molar-refractivity contribution is 7.92. The predicted octanol–water partition coefficient (Wildman–Crippen LogP) is -0.340. The van der Waals surface area contributed by atoms with Gasteiger partial charge in [-0.2, -0.15) is 4.31 Å². The fourth-order valence-corrected chi connectivity index (χ4v) is 5.86. The van der Waals surface area contributed by atoms with Gasteiger partial charge >= 0.3 is 0 Å². The molecule has 0 radical (unpaired) electrons. The van der Waals surface area contributed by atoms with E-state index in [1.807, 2.05) is 0 Å². The van der Waals surface area contributed by atoms with Crippen LogP contribution in [0.4, 0.5) is 0 Å². The molecule has 1 N–H and O–H groups in total. The lowest BCUT2D eigenvalue weighted by Crippen LogP contribution is -2.43. The number of aliphatic hydroxyl groups excluding tert-OH is 1. The zero-order chi connectivity index (χ0) is 13.4. The van der Waals surface area contributed by atoms with E-state index < -0.39 is 19.9 Å². The molecule has 102 valence electrons. The number of thiophene rings is 1. The van der Waals surface area contributed by atoms with E-state index in [9.17, 15) is 16.8 Å². The van der Waals surface area contributed by atoms with Crippen molar-refractivity contribution in [1.82, 2.24) is 4.31 Å². The topological polar surface area (TPSA) is 91.8 Å².